The molecule has 0 aliphatic carbocycles. The number of hydrogen-bond acceptors (Lipinski definition) is 4. The molecule has 0 unspecified atom stereocenters. The van der Waals surface area contributed by atoms with Crippen LogP contribution in [0.2, 0.25) is 0 Å². The number of nitrogens with zero attached hydrogens (tertiary/aromatic N) is 1. The van der Waals surface area contributed by atoms with Gasteiger partial charge in [0.25, 0.3) is 0 Å². The Kier molecular flexibility index (Phi) is 5.40. The van der Waals surface area contributed by atoms with Crippen molar-refractivity contribution in [3.8, 4) is 17.0 Å². The second-order valence-electron chi connectivity index (χ2n) is 5.43. The van der Waals surface area contributed by atoms with Gasteiger partial charge in [0.2, 0.25) is 5.91 Å². The van der Waals surface area contributed by atoms with Crippen LogP contribution >= 0.6 is 11.3 Å². The van der Waals surface area contributed by atoms with Gasteiger partial charge in [-0.2, -0.15) is 0 Å². The van der Waals surface area contributed by atoms with Gasteiger partial charge < -0.3 is 10.1 Å². The lowest BCUT2D eigenvalue weighted by Crippen LogP contribution is -2.24. The maximum atomic E-state index is 12.9. The van der Waals surface area contributed by atoms with Gasteiger partial charge in [0, 0.05) is 10.9 Å². The summed E-state index contributed by atoms with van der Waals surface area (Å²) in [7, 11) is 1.63. The maximum Gasteiger partial charge on any atom is 0.224 e. The molecule has 1 aromatic heterocycles. The summed E-state index contributed by atoms with van der Waals surface area (Å²) in [6.07, 6.45) is 0.219. The highest BCUT2D eigenvalue weighted by Crippen LogP contribution is 2.24. The second kappa shape index (κ2) is 7.90. The molecular weight excluding hydrogens is 339 g/mol. The Morgan fingerprint density at radius 3 is 2.56 bits per heavy atom. The van der Waals surface area contributed by atoms with Gasteiger partial charge in [-0.3, -0.25) is 4.79 Å². The molecule has 128 valence electrons. The molecule has 4 nitrogen and oxygen atoms in total. The normalized spacial score (nSPS) is 10.5. The van der Waals surface area contributed by atoms with Crippen LogP contribution in [0.1, 0.15) is 10.6 Å². The first-order chi connectivity index (χ1) is 12.1. The van der Waals surface area contributed by atoms with E-state index in [0.717, 1.165) is 27.6 Å². The lowest BCUT2D eigenvalue weighted by molar-refractivity contribution is -0.120. The average molecular weight is 356 g/mol. The summed E-state index contributed by atoms with van der Waals surface area (Å²) < 4.78 is 18.0. The molecule has 0 atom stereocenters. The lowest BCUT2D eigenvalue weighted by Gasteiger charge is -2.03. The Morgan fingerprint density at radius 1 is 1.16 bits per heavy atom. The molecule has 0 saturated heterocycles. The number of thiazole rings is 1. The fourth-order valence-corrected chi connectivity index (χ4v) is 3.05. The number of benzene rings is 2. The van der Waals surface area contributed by atoms with Crippen LogP contribution in [0.15, 0.2) is 53.9 Å². The van der Waals surface area contributed by atoms with E-state index in [1.165, 1.54) is 23.5 Å². The summed E-state index contributed by atoms with van der Waals surface area (Å²) in [6.45, 7) is 0.376. The molecule has 0 bridgehead atoms. The van der Waals surface area contributed by atoms with Crippen LogP contribution in [0.5, 0.6) is 5.75 Å². The van der Waals surface area contributed by atoms with Crippen LogP contribution in [0.3, 0.4) is 0 Å². The average Bonchev–Trinajstić information content (AvgIpc) is 3.11. The Balaban J connectivity index is 1.55. The van der Waals surface area contributed by atoms with E-state index < -0.39 is 0 Å². The summed E-state index contributed by atoms with van der Waals surface area (Å²) in [5, 5.41) is 5.63. The van der Waals surface area contributed by atoms with E-state index in [1.807, 2.05) is 29.6 Å². The minimum Gasteiger partial charge on any atom is -0.497 e. The minimum absolute atomic E-state index is 0.118. The zero-order valence-corrected chi connectivity index (χ0v) is 14.5. The highest BCUT2D eigenvalue weighted by atomic mass is 32.1. The maximum absolute atomic E-state index is 12.9. The third-order valence-corrected chi connectivity index (χ3v) is 4.50. The molecule has 1 N–H and O–H groups in total. The van der Waals surface area contributed by atoms with Gasteiger partial charge in [0.05, 0.1) is 25.8 Å². The van der Waals surface area contributed by atoms with E-state index in [4.69, 9.17) is 4.74 Å². The van der Waals surface area contributed by atoms with E-state index in [0.29, 0.717) is 6.54 Å². The molecule has 6 heteroatoms. The summed E-state index contributed by atoms with van der Waals surface area (Å²) >= 11 is 1.50. The van der Waals surface area contributed by atoms with E-state index in [1.54, 1.807) is 19.2 Å². The van der Waals surface area contributed by atoms with E-state index >= 15 is 0 Å². The molecule has 0 aliphatic rings. The summed E-state index contributed by atoms with van der Waals surface area (Å²) in [5.74, 6) is 0.373. The van der Waals surface area contributed by atoms with E-state index in [2.05, 4.69) is 10.3 Å². The van der Waals surface area contributed by atoms with Gasteiger partial charge in [-0.25, -0.2) is 9.37 Å². The summed E-state index contributed by atoms with van der Waals surface area (Å²) in [4.78, 5) is 16.5. The number of halogens is 1. The van der Waals surface area contributed by atoms with Gasteiger partial charge in [0.1, 0.15) is 16.6 Å². The molecular formula is C19H17FN2O2S. The molecule has 2 aromatic carbocycles. The number of aromatic nitrogens is 1. The van der Waals surface area contributed by atoms with Crippen molar-refractivity contribution in [2.24, 2.45) is 0 Å². The highest BCUT2D eigenvalue weighted by molar-refractivity contribution is 7.09. The molecule has 0 saturated carbocycles. The quantitative estimate of drug-likeness (QED) is 0.731. The molecule has 0 radical (unpaired) electrons. The van der Waals surface area contributed by atoms with Crippen LogP contribution < -0.4 is 10.1 Å². The van der Waals surface area contributed by atoms with Gasteiger partial charge in [-0.05, 0) is 42.0 Å². The third kappa shape index (κ3) is 4.64. The number of methoxy groups -OCH3 is 1. The smallest absolute Gasteiger partial charge is 0.224 e. The fraction of sp³-hybridized carbons (Fsp3) is 0.158. The fourth-order valence-electron chi connectivity index (χ4n) is 2.31. The number of carbonyl (C=O) groups is 1. The SMILES string of the molecule is COc1ccc(-c2csc(CNC(=O)Cc3ccc(F)cc3)n2)cc1. The Labute approximate surface area is 149 Å². The predicted octanol–water partition coefficient (Wildman–Crippen LogP) is 3.82. The zero-order chi connectivity index (χ0) is 17.6. The van der Waals surface area contributed by atoms with Crippen molar-refractivity contribution in [2.45, 2.75) is 13.0 Å². The van der Waals surface area contributed by atoms with Crippen LogP contribution in [-0.4, -0.2) is 18.0 Å². The largest absolute Gasteiger partial charge is 0.497 e. The molecule has 1 amide bonds. The number of rotatable bonds is 6. The van der Waals surface area contributed by atoms with Crippen LogP contribution in [0.25, 0.3) is 11.3 Å². The predicted molar refractivity (Wildman–Crippen MR) is 96.1 cm³/mol. The van der Waals surface area contributed by atoms with Crippen LogP contribution in [0, 0.1) is 5.82 Å². The molecule has 3 aromatic rings. The minimum atomic E-state index is -0.307. The Hall–Kier alpha value is -2.73. The molecule has 3 rings (SSSR count). The summed E-state index contributed by atoms with van der Waals surface area (Å²) in [5.41, 5.74) is 2.65. The number of nitrogens with one attached hydrogen (secondary N) is 1. The van der Waals surface area contributed by atoms with Crippen LogP contribution in [-0.2, 0) is 17.8 Å². The standard InChI is InChI=1S/C19H17FN2O2S/c1-24-16-8-4-14(5-9-16)17-12-25-19(22-17)11-21-18(23)10-13-2-6-15(20)7-3-13/h2-9,12H,10-11H2,1H3,(H,21,23). The molecule has 0 fully saturated rings. The second-order valence-corrected chi connectivity index (χ2v) is 6.38. The first-order valence-corrected chi connectivity index (χ1v) is 8.62. The topological polar surface area (TPSA) is 51.2 Å². The van der Waals surface area contributed by atoms with Crippen molar-refractivity contribution in [2.75, 3.05) is 7.11 Å². The third-order valence-electron chi connectivity index (χ3n) is 3.65. The molecule has 0 aliphatic heterocycles. The first kappa shape index (κ1) is 17.1. The Bertz CT molecular complexity index is 845. The van der Waals surface area contributed by atoms with Gasteiger partial charge >= 0.3 is 0 Å². The van der Waals surface area contributed by atoms with E-state index in [9.17, 15) is 9.18 Å². The van der Waals surface area contributed by atoms with Crippen molar-refractivity contribution < 1.29 is 13.9 Å². The summed E-state index contributed by atoms with van der Waals surface area (Å²) in [6, 6.07) is 13.6. The van der Waals surface area contributed by atoms with E-state index in [-0.39, 0.29) is 18.1 Å². The zero-order valence-electron chi connectivity index (χ0n) is 13.7. The van der Waals surface area contributed by atoms with Crippen molar-refractivity contribution >= 4 is 17.2 Å². The van der Waals surface area contributed by atoms with Crippen LogP contribution in [0.4, 0.5) is 4.39 Å². The van der Waals surface area contributed by atoms with Crippen molar-refractivity contribution in [1.29, 1.82) is 0 Å². The van der Waals surface area contributed by atoms with Gasteiger partial charge in [0.15, 0.2) is 0 Å². The molecule has 25 heavy (non-hydrogen) atoms. The first-order valence-electron chi connectivity index (χ1n) is 7.74. The van der Waals surface area contributed by atoms with Crippen molar-refractivity contribution in [3.05, 3.63) is 70.3 Å². The van der Waals surface area contributed by atoms with Gasteiger partial charge in [-0.1, -0.05) is 12.1 Å². The Morgan fingerprint density at radius 2 is 1.88 bits per heavy atom. The number of amides is 1. The number of ether oxygens (including phenoxy) is 1. The monoisotopic (exact) mass is 356 g/mol. The van der Waals surface area contributed by atoms with Gasteiger partial charge in [-0.15, -0.1) is 11.3 Å². The highest BCUT2D eigenvalue weighted by Gasteiger charge is 2.08. The van der Waals surface area contributed by atoms with Crippen molar-refractivity contribution in [1.82, 2.24) is 10.3 Å². The number of hydrogen-bond donors (Lipinski definition) is 1. The molecule has 1 heterocycles. The molecule has 0 spiro atoms. The van der Waals surface area contributed by atoms with Crippen molar-refractivity contribution in [3.63, 3.8) is 0 Å². The number of carbonyl (C=O) groups excluding carboxylic acids is 1. The lowest BCUT2D eigenvalue weighted by atomic mass is 10.1.